The normalized spacial score (nSPS) is 14.6. The Kier molecular flexibility index (Phi) is 4.15. The summed E-state index contributed by atoms with van der Waals surface area (Å²) in [7, 11) is 1.65. The number of hydrogen-bond acceptors (Lipinski definition) is 3. The Morgan fingerprint density at radius 2 is 2.00 bits per heavy atom. The Morgan fingerprint density at radius 3 is 2.65 bits per heavy atom. The fraction of sp³-hybridized carbons (Fsp3) is 0.263. The predicted molar refractivity (Wildman–Crippen MR) is 91.2 cm³/mol. The molecule has 1 amide bonds. The molecule has 0 aliphatic carbocycles. The zero-order valence-corrected chi connectivity index (χ0v) is 13.4. The fourth-order valence-electron chi connectivity index (χ4n) is 3.14. The smallest absolute Gasteiger partial charge is 0.231 e. The lowest BCUT2D eigenvalue weighted by Crippen LogP contribution is -2.31. The van der Waals surface area contributed by atoms with E-state index in [2.05, 4.69) is 11.1 Å². The van der Waals surface area contributed by atoms with E-state index in [4.69, 9.17) is 10.5 Å². The molecule has 4 heteroatoms. The average molecular weight is 308 g/mol. The number of amides is 1. The van der Waals surface area contributed by atoms with Crippen molar-refractivity contribution in [3.8, 4) is 5.75 Å². The summed E-state index contributed by atoms with van der Waals surface area (Å²) in [5.74, 6) is -0.125. The summed E-state index contributed by atoms with van der Waals surface area (Å²) in [5, 5.41) is 0. The van der Waals surface area contributed by atoms with Gasteiger partial charge in [0, 0.05) is 12.1 Å². The van der Waals surface area contributed by atoms with Crippen LogP contribution < -0.4 is 10.5 Å². The highest BCUT2D eigenvalue weighted by Crippen LogP contribution is 2.31. The van der Waals surface area contributed by atoms with Crippen molar-refractivity contribution in [1.82, 2.24) is 0 Å². The van der Waals surface area contributed by atoms with E-state index in [0.29, 0.717) is 6.54 Å². The molecule has 0 radical (unpaired) electrons. The number of primary amides is 1. The minimum Gasteiger partial charge on any atom is -0.496 e. The molecule has 0 saturated carbocycles. The Labute approximate surface area is 136 Å². The summed E-state index contributed by atoms with van der Waals surface area (Å²) in [5.41, 5.74) is 10.6. The lowest BCUT2D eigenvalue weighted by molar-refractivity contribution is -0.118. The Balaban J connectivity index is 2.13. The number of nitrogens with zero attached hydrogens (tertiary/aromatic N) is 1. The zero-order chi connectivity index (χ0) is 16.4. The Morgan fingerprint density at radius 1 is 1.26 bits per heavy atom. The van der Waals surface area contributed by atoms with Crippen LogP contribution in [0.1, 0.15) is 28.2 Å². The van der Waals surface area contributed by atoms with Crippen molar-refractivity contribution >= 4 is 11.6 Å². The molecule has 118 valence electrons. The molecule has 1 atom stereocenters. The second-order valence-corrected chi connectivity index (χ2v) is 5.74. The molecule has 0 saturated heterocycles. The monoisotopic (exact) mass is 308 g/mol. The van der Waals surface area contributed by atoms with Crippen molar-refractivity contribution < 1.29 is 9.53 Å². The number of nitrogens with two attached hydrogens (primary N) is 1. The molecule has 0 fully saturated rings. The minimum atomic E-state index is -0.539. The number of carbonyl (C=O) groups excluding carboxylic acids is 1. The summed E-state index contributed by atoms with van der Waals surface area (Å²) in [6.45, 7) is 2.69. The summed E-state index contributed by atoms with van der Waals surface area (Å²) in [4.78, 5) is 16.8. The van der Waals surface area contributed by atoms with Crippen molar-refractivity contribution in [1.29, 1.82) is 0 Å². The van der Waals surface area contributed by atoms with Crippen molar-refractivity contribution in [3.05, 3.63) is 64.7 Å². The molecule has 0 bridgehead atoms. The maximum atomic E-state index is 12.1. The Bertz CT molecular complexity index is 766. The molecule has 2 aromatic carbocycles. The van der Waals surface area contributed by atoms with Gasteiger partial charge in [0.15, 0.2) is 0 Å². The standard InChI is InChI=1S/C19H20N2O2/c1-12-10-14-8-9-21-18(15(14)11-16(12)23-2)17(19(20)22)13-6-4-3-5-7-13/h3-7,10-11,17H,8-9H2,1-2H3,(H2,20,22). The third kappa shape index (κ3) is 2.84. The van der Waals surface area contributed by atoms with Crippen LogP contribution in [0.4, 0.5) is 0 Å². The highest BCUT2D eigenvalue weighted by atomic mass is 16.5. The van der Waals surface area contributed by atoms with Gasteiger partial charge in [-0.1, -0.05) is 36.4 Å². The van der Waals surface area contributed by atoms with Crippen LogP contribution in [0.25, 0.3) is 0 Å². The number of ether oxygens (including phenoxy) is 1. The first-order chi connectivity index (χ1) is 11.1. The van der Waals surface area contributed by atoms with Crippen LogP contribution in [0.15, 0.2) is 47.5 Å². The van der Waals surface area contributed by atoms with Gasteiger partial charge in [-0.15, -0.1) is 0 Å². The molecular weight excluding hydrogens is 288 g/mol. The molecule has 3 rings (SSSR count). The van der Waals surface area contributed by atoms with Crippen LogP contribution in [-0.4, -0.2) is 25.3 Å². The number of carbonyl (C=O) groups is 1. The minimum absolute atomic E-state index is 0.387. The van der Waals surface area contributed by atoms with Crippen molar-refractivity contribution in [2.45, 2.75) is 19.3 Å². The lowest BCUT2D eigenvalue weighted by atomic mass is 9.84. The average Bonchev–Trinajstić information content (AvgIpc) is 2.55. The highest BCUT2D eigenvalue weighted by Gasteiger charge is 2.29. The summed E-state index contributed by atoms with van der Waals surface area (Å²) < 4.78 is 5.43. The van der Waals surface area contributed by atoms with E-state index < -0.39 is 5.92 Å². The van der Waals surface area contributed by atoms with Gasteiger partial charge >= 0.3 is 0 Å². The van der Waals surface area contributed by atoms with Gasteiger partial charge in [-0.25, -0.2) is 0 Å². The van der Waals surface area contributed by atoms with Gasteiger partial charge in [0.05, 0.1) is 12.8 Å². The topological polar surface area (TPSA) is 64.7 Å². The van der Waals surface area contributed by atoms with Gasteiger partial charge in [0.1, 0.15) is 11.7 Å². The van der Waals surface area contributed by atoms with E-state index in [1.165, 1.54) is 5.56 Å². The second kappa shape index (κ2) is 6.24. The van der Waals surface area contributed by atoms with Crippen LogP contribution in [0.5, 0.6) is 5.75 Å². The number of methoxy groups -OCH3 is 1. The summed E-state index contributed by atoms with van der Waals surface area (Å²) in [6, 6.07) is 13.7. The molecule has 1 aliphatic heterocycles. The van der Waals surface area contributed by atoms with Crippen LogP contribution in [0.2, 0.25) is 0 Å². The van der Waals surface area contributed by atoms with E-state index in [-0.39, 0.29) is 5.91 Å². The quantitative estimate of drug-likeness (QED) is 0.943. The zero-order valence-electron chi connectivity index (χ0n) is 13.4. The molecule has 1 unspecified atom stereocenters. The van der Waals surface area contributed by atoms with Crippen LogP contribution in [0, 0.1) is 6.92 Å². The maximum absolute atomic E-state index is 12.1. The molecule has 1 aliphatic rings. The number of benzene rings is 2. The summed E-state index contributed by atoms with van der Waals surface area (Å²) >= 11 is 0. The number of rotatable bonds is 4. The first-order valence-corrected chi connectivity index (χ1v) is 7.68. The third-order valence-electron chi connectivity index (χ3n) is 4.25. The van der Waals surface area contributed by atoms with Gasteiger partial charge < -0.3 is 10.5 Å². The van der Waals surface area contributed by atoms with E-state index in [1.54, 1.807) is 7.11 Å². The predicted octanol–water partition coefficient (Wildman–Crippen LogP) is 2.62. The van der Waals surface area contributed by atoms with Gasteiger partial charge in [0.2, 0.25) is 5.91 Å². The first kappa shape index (κ1) is 15.3. The van der Waals surface area contributed by atoms with Crippen molar-refractivity contribution in [2.24, 2.45) is 10.7 Å². The molecule has 1 heterocycles. The number of aryl methyl sites for hydroxylation is 1. The molecule has 23 heavy (non-hydrogen) atoms. The van der Waals surface area contributed by atoms with Gasteiger partial charge in [-0.2, -0.15) is 0 Å². The maximum Gasteiger partial charge on any atom is 0.231 e. The molecule has 0 spiro atoms. The number of aliphatic imine (C=N–C) groups is 1. The SMILES string of the molecule is COc1cc2c(cc1C)CCN=C2C(C(N)=O)c1ccccc1. The van der Waals surface area contributed by atoms with E-state index in [0.717, 1.165) is 34.6 Å². The van der Waals surface area contributed by atoms with Crippen LogP contribution >= 0.6 is 0 Å². The molecule has 0 aromatic heterocycles. The van der Waals surface area contributed by atoms with Crippen LogP contribution in [-0.2, 0) is 11.2 Å². The van der Waals surface area contributed by atoms with Gasteiger partial charge in [-0.05, 0) is 36.1 Å². The van der Waals surface area contributed by atoms with Crippen molar-refractivity contribution in [3.63, 3.8) is 0 Å². The molecule has 2 aromatic rings. The van der Waals surface area contributed by atoms with E-state index in [9.17, 15) is 4.79 Å². The van der Waals surface area contributed by atoms with E-state index >= 15 is 0 Å². The first-order valence-electron chi connectivity index (χ1n) is 7.68. The Hall–Kier alpha value is -2.62. The van der Waals surface area contributed by atoms with Gasteiger partial charge in [-0.3, -0.25) is 9.79 Å². The molecule has 2 N–H and O–H groups in total. The largest absolute Gasteiger partial charge is 0.496 e. The van der Waals surface area contributed by atoms with Crippen molar-refractivity contribution in [2.75, 3.05) is 13.7 Å². The molecule has 4 nitrogen and oxygen atoms in total. The number of hydrogen-bond donors (Lipinski definition) is 1. The fourth-order valence-corrected chi connectivity index (χ4v) is 3.14. The van der Waals surface area contributed by atoms with E-state index in [1.807, 2.05) is 43.3 Å². The van der Waals surface area contributed by atoms with Gasteiger partial charge in [0.25, 0.3) is 0 Å². The lowest BCUT2D eigenvalue weighted by Gasteiger charge is -2.24. The second-order valence-electron chi connectivity index (χ2n) is 5.74. The third-order valence-corrected chi connectivity index (χ3v) is 4.25. The van der Waals surface area contributed by atoms with Crippen LogP contribution in [0.3, 0.4) is 0 Å². The molecular formula is C19H20N2O2. The highest BCUT2D eigenvalue weighted by molar-refractivity contribution is 6.18. The summed E-state index contributed by atoms with van der Waals surface area (Å²) in [6.07, 6.45) is 0.865. The number of fused-ring (bicyclic) bond motifs is 1.